The van der Waals surface area contributed by atoms with Crippen LogP contribution in [0.2, 0.25) is 0 Å². The van der Waals surface area contributed by atoms with Crippen molar-refractivity contribution < 1.29 is 19.4 Å². The van der Waals surface area contributed by atoms with Gasteiger partial charge in [-0.1, -0.05) is 67.1 Å². The van der Waals surface area contributed by atoms with Gasteiger partial charge in [-0.05, 0) is 36.1 Å². The first-order valence-electron chi connectivity index (χ1n) is 12.1. The molecule has 36 heavy (non-hydrogen) atoms. The number of nitrogens with one attached hydrogen (secondary N) is 2. The van der Waals surface area contributed by atoms with Crippen molar-refractivity contribution >= 4 is 17.6 Å². The lowest BCUT2D eigenvalue weighted by Crippen LogP contribution is -2.56. The molecule has 2 amide bonds. The van der Waals surface area contributed by atoms with Crippen LogP contribution in [0.3, 0.4) is 0 Å². The predicted octanol–water partition coefficient (Wildman–Crippen LogP) is 3.05. The molecule has 0 spiro atoms. The third kappa shape index (κ3) is 6.47. The summed E-state index contributed by atoms with van der Waals surface area (Å²) in [7, 11) is 0. The number of aryl methyl sites for hydroxylation is 1. The molecule has 0 bridgehead atoms. The first-order chi connectivity index (χ1) is 17.4. The van der Waals surface area contributed by atoms with Gasteiger partial charge in [-0.3, -0.25) is 9.59 Å². The highest BCUT2D eigenvalue weighted by Gasteiger charge is 2.31. The number of rotatable bonds is 10. The highest BCUT2D eigenvalue weighted by atomic mass is 16.5. The molecule has 8 nitrogen and oxygen atoms in total. The van der Waals surface area contributed by atoms with Gasteiger partial charge in [-0.15, -0.1) is 0 Å². The number of aliphatic hydroxyl groups excluding tert-OH is 1. The van der Waals surface area contributed by atoms with Crippen molar-refractivity contribution in [1.82, 2.24) is 15.2 Å². The van der Waals surface area contributed by atoms with Crippen molar-refractivity contribution in [1.29, 1.82) is 0 Å². The third-order valence-corrected chi connectivity index (χ3v) is 6.30. The van der Waals surface area contributed by atoms with Crippen molar-refractivity contribution in [3.05, 3.63) is 89.6 Å². The Morgan fingerprint density at radius 3 is 2.42 bits per heavy atom. The summed E-state index contributed by atoms with van der Waals surface area (Å²) in [6.07, 6.45) is 1.42. The molecule has 0 radical (unpaired) electrons. The molecule has 3 N–H and O–H groups in total. The Bertz CT molecular complexity index is 1150. The van der Waals surface area contributed by atoms with E-state index >= 15 is 0 Å². The van der Waals surface area contributed by atoms with E-state index in [1.807, 2.05) is 30.3 Å². The van der Waals surface area contributed by atoms with E-state index in [2.05, 4.69) is 53.7 Å². The van der Waals surface area contributed by atoms with Crippen LogP contribution in [-0.4, -0.2) is 59.1 Å². The minimum absolute atomic E-state index is 0.134. The number of likely N-dealkylation sites (tertiary alicyclic amines) is 1. The van der Waals surface area contributed by atoms with Gasteiger partial charge in [-0.25, -0.2) is 4.98 Å². The van der Waals surface area contributed by atoms with E-state index in [1.165, 1.54) is 16.0 Å². The van der Waals surface area contributed by atoms with Crippen molar-refractivity contribution in [3.8, 4) is 5.75 Å². The Hall–Kier alpha value is -3.75. The SMILES string of the molecule is Cc1ccc([C@H](C)CN[C@H](C(=O)Nc2ccc(OC3CN(C(=O)CO)C3)cn2)c2ccccc2)cc1. The van der Waals surface area contributed by atoms with Gasteiger partial charge in [0.25, 0.3) is 0 Å². The number of aromatic nitrogens is 1. The summed E-state index contributed by atoms with van der Waals surface area (Å²) in [6.45, 7) is 5.21. The van der Waals surface area contributed by atoms with Crippen LogP contribution in [-0.2, 0) is 9.59 Å². The summed E-state index contributed by atoms with van der Waals surface area (Å²) < 4.78 is 5.80. The second-order valence-electron chi connectivity index (χ2n) is 9.13. The van der Waals surface area contributed by atoms with E-state index < -0.39 is 12.6 Å². The number of anilines is 1. The standard InChI is InChI=1S/C28H32N4O4/c1-19-8-10-21(11-9-19)20(2)14-30-27(22-6-4-3-5-7-22)28(35)31-25-13-12-23(15-29-25)36-24-16-32(17-24)26(34)18-33/h3-13,15,20,24,27,30,33H,14,16-18H2,1-2H3,(H,29,31,35)/t20-,27+/m1/s1. The van der Waals surface area contributed by atoms with Crippen LogP contribution in [0.4, 0.5) is 5.82 Å². The molecule has 3 aromatic rings. The second-order valence-corrected chi connectivity index (χ2v) is 9.13. The third-order valence-electron chi connectivity index (χ3n) is 6.30. The minimum Gasteiger partial charge on any atom is -0.485 e. The van der Waals surface area contributed by atoms with Gasteiger partial charge >= 0.3 is 0 Å². The highest BCUT2D eigenvalue weighted by molar-refractivity contribution is 5.94. The predicted molar refractivity (Wildman–Crippen MR) is 138 cm³/mol. The molecule has 0 aliphatic carbocycles. The molecular formula is C28H32N4O4. The van der Waals surface area contributed by atoms with Crippen LogP contribution in [0, 0.1) is 6.92 Å². The average molecular weight is 489 g/mol. The Kier molecular flexibility index (Phi) is 8.30. The Morgan fingerprint density at radius 1 is 1.06 bits per heavy atom. The fourth-order valence-electron chi connectivity index (χ4n) is 4.05. The zero-order valence-electron chi connectivity index (χ0n) is 20.6. The largest absolute Gasteiger partial charge is 0.485 e. The molecule has 4 rings (SSSR count). The molecule has 188 valence electrons. The van der Waals surface area contributed by atoms with E-state index in [4.69, 9.17) is 9.84 Å². The first kappa shape index (κ1) is 25.3. The van der Waals surface area contributed by atoms with Crippen LogP contribution in [0.25, 0.3) is 0 Å². The summed E-state index contributed by atoms with van der Waals surface area (Å²) in [6, 6.07) is 21.0. The van der Waals surface area contributed by atoms with Gasteiger partial charge < -0.3 is 25.4 Å². The summed E-state index contributed by atoms with van der Waals surface area (Å²) in [5, 5.41) is 15.2. The minimum atomic E-state index is -0.540. The molecule has 2 heterocycles. The lowest BCUT2D eigenvalue weighted by atomic mass is 9.98. The fourth-order valence-corrected chi connectivity index (χ4v) is 4.05. The van der Waals surface area contributed by atoms with E-state index in [9.17, 15) is 9.59 Å². The van der Waals surface area contributed by atoms with Gasteiger partial charge in [0.2, 0.25) is 11.8 Å². The van der Waals surface area contributed by atoms with Gasteiger partial charge in [0.05, 0.1) is 19.3 Å². The highest BCUT2D eigenvalue weighted by Crippen LogP contribution is 2.21. The first-order valence-corrected chi connectivity index (χ1v) is 12.1. The summed E-state index contributed by atoms with van der Waals surface area (Å²) in [5.41, 5.74) is 3.31. The molecule has 1 saturated heterocycles. The molecule has 1 fully saturated rings. The number of pyridine rings is 1. The Balaban J connectivity index is 1.35. The summed E-state index contributed by atoms with van der Waals surface area (Å²) in [4.78, 5) is 30.5. The zero-order chi connectivity index (χ0) is 25.5. The van der Waals surface area contributed by atoms with Crippen LogP contribution in [0.1, 0.15) is 35.6 Å². The van der Waals surface area contributed by atoms with Gasteiger partial charge in [0.1, 0.15) is 30.3 Å². The number of carbonyl (C=O) groups is 2. The van der Waals surface area contributed by atoms with Gasteiger partial charge in [-0.2, -0.15) is 0 Å². The molecule has 1 aliphatic rings. The second kappa shape index (κ2) is 11.8. The fraction of sp³-hybridized carbons (Fsp3) is 0.321. The number of benzene rings is 2. The molecule has 1 aliphatic heterocycles. The number of carbonyl (C=O) groups excluding carboxylic acids is 2. The van der Waals surface area contributed by atoms with E-state index in [0.717, 1.165) is 5.56 Å². The normalized spacial score (nSPS) is 15.0. The number of hydrogen-bond donors (Lipinski definition) is 3. The average Bonchev–Trinajstić information content (AvgIpc) is 2.87. The van der Waals surface area contributed by atoms with E-state index in [-0.39, 0.29) is 23.8 Å². The van der Waals surface area contributed by atoms with Gasteiger partial charge in [0.15, 0.2) is 0 Å². The maximum absolute atomic E-state index is 13.3. The molecule has 0 saturated carbocycles. The molecule has 0 unspecified atom stereocenters. The van der Waals surface area contributed by atoms with Crippen molar-refractivity contribution in [2.45, 2.75) is 31.9 Å². The van der Waals surface area contributed by atoms with Gasteiger partial charge in [0, 0.05) is 6.54 Å². The Morgan fingerprint density at radius 2 is 1.78 bits per heavy atom. The lowest BCUT2D eigenvalue weighted by molar-refractivity contribution is -0.143. The number of nitrogens with zero attached hydrogens (tertiary/aromatic N) is 2. The van der Waals surface area contributed by atoms with Crippen molar-refractivity contribution in [2.75, 3.05) is 31.6 Å². The van der Waals surface area contributed by atoms with Crippen LogP contribution >= 0.6 is 0 Å². The maximum atomic E-state index is 13.3. The quantitative estimate of drug-likeness (QED) is 0.405. The molecule has 1 aromatic heterocycles. The number of ether oxygens (including phenoxy) is 1. The zero-order valence-corrected chi connectivity index (χ0v) is 20.6. The number of aliphatic hydroxyl groups is 1. The lowest BCUT2D eigenvalue weighted by Gasteiger charge is -2.38. The molecule has 8 heteroatoms. The Labute approximate surface area is 211 Å². The number of hydrogen-bond acceptors (Lipinski definition) is 6. The molecular weight excluding hydrogens is 456 g/mol. The topological polar surface area (TPSA) is 104 Å². The van der Waals surface area contributed by atoms with E-state index in [0.29, 0.717) is 31.2 Å². The molecule has 2 aromatic carbocycles. The van der Waals surface area contributed by atoms with Crippen LogP contribution < -0.4 is 15.4 Å². The van der Waals surface area contributed by atoms with Crippen molar-refractivity contribution in [3.63, 3.8) is 0 Å². The summed E-state index contributed by atoms with van der Waals surface area (Å²) >= 11 is 0. The summed E-state index contributed by atoms with van der Waals surface area (Å²) in [5.74, 6) is 0.705. The number of amides is 2. The van der Waals surface area contributed by atoms with Crippen LogP contribution in [0.5, 0.6) is 5.75 Å². The molecule has 2 atom stereocenters. The maximum Gasteiger partial charge on any atom is 0.248 e. The van der Waals surface area contributed by atoms with E-state index in [1.54, 1.807) is 18.3 Å². The smallest absolute Gasteiger partial charge is 0.248 e. The monoisotopic (exact) mass is 488 g/mol. The van der Waals surface area contributed by atoms with Crippen LogP contribution in [0.15, 0.2) is 72.9 Å². The van der Waals surface area contributed by atoms with Crippen molar-refractivity contribution in [2.24, 2.45) is 0 Å².